The second-order valence-electron chi connectivity index (χ2n) is 25.4. The quantitative estimate of drug-likeness (QED) is 0.0772. The SMILES string of the molecule is CC(=O)c1ccc(-n2cc(F)cn2)nc1.CC(Br)c1ccc(-n2cc(F)cn2)nc1.CC(C)(C)OC(=O)N1CCC2(CCNC2=O)CC1.CC(O)c1ccc(-n2cc(F)cn2)nc1.CC(c1ccc(-n2cc(F)cn2)nc1)N1CCC2(CCN(C(=O)OC(C)(C)C)CC2)C1=O. The number of aromatic nitrogens is 12. The highest BCUT2D eigenvalue weighted by atomic mass is 79.9. The summed E-state index contributed by atoms with van der Waals surface area (Å²) in [6.07, 6.45) is 19.3. The summed E-state index contributed by atoms with van der Waals surface area (Å²) in [4.78, 5) is 82.7. The first-order chi connectivity index (χ1) is 44.9. The summed E-state index contributed by atoms with van der Waals surface area (Å²) in [5, 5.41) is 27.4. The van der Waals surface area contributed by atoms with Crippen molar-refractivity contribution >= 4 is 45.7 Å². The van der Waals surface area contributed by atoms with E-state index in [1.807, 2.05) is 72.4 Å². The Hall–Kier alpha value is -9.25. The van der Waals surface area contributed by atoms with Crippen molar-refractivity contribution in [2.24, 2.45) is 10.8 Å². The van der Waals surface area contributed by atoms with Crippen LogP contribution in [0.2, 0.25) is 0 Å². The minimum Gasteiger partial charge on any atom is -0.444 e. The highest BCUT2D eigenvalue weighted by molar-refractivity contribution is 9.09. The lowest BCUT2D eigenvalue weighted by atomic mass is 9.77. The Morgan fingerprint density at radius 3 is 1.20 bits per heavy atom. The van der Waals surface area contributed by atoms with Crippen LogP contribution in [0.4, 0.5) is 27.2 Å². The maximum absolute atomic E-state index is 13.4. The smallest absolute Gasteiger partial charge is 0.410 e. The van der Waals surface area contributed by atoms with Gasteiger partial charge >= 0.3 is 12.2 Å². The van der Waals surface area contributed by atoms with Crippen molar-refractivity contribution in [3.8, 4) is 23.3 Å². The van der Waals surface area contributed by atoms with Gasteiger partial charge in [0.15, 0.2) is 52.3 Å². The zero-order chi connectivity index (χ0) is 69.0. The summed E-state index contributed by atoms with van der Waals surface area (Å²) < 4.78 is 67.5. The number of nitrogens with zero attached hydrogens (tertiary/aromatic N) is 15. The van der Waals surface area contributed by atoms with Crippen molar-refractivity contribution in [1.29, 1.82) is 0 Å². The van der Waals surface area contributed by atoms with E-state index in [1.54, 1.807) is 71.7 Å². The number of hydrogen-bond acceptors (Lipinski definition) is 16. The third-order valence-corrected chi connectivity index (χ3v) is 16.7. The number of carbonyl (C=O) groups is 5. The number of nitrogens with one attached hydrogen (secondary N) is 1. The molecule has 8 aromatic heterocycles. The number of carbonyl (C=O) groups excluding carboxylic acids is 5. The fraction of sp³-hybridized carbons (Fsp3) is 0.439. The van der Waals surface area contributed by atoms with E-state index in [2.05, 4.69) is 61.6 Å². The van der Waals surface area contributed by atoms with Crippen LogP contribution in [0.25, 0.3) is 23.3 Å². The van der Waals surface area contributed by atoms with Crippen LogP contribution in [0.15, 0.2) is 123 Å². The lowest BCUT2D eigenvalue weighted by Gasteiger charge is -2.38. The standard InChI is InChI=1S/C23H30FN5O3.C13H22N2O3.C10H9BrFN3.C10H10FN3O.C10H8FN3O/c1-16(17-5-6-19(25-13-17)29-15-18(24)14-26-29)28-12-9-23(20(28)30)7-10-27(11-8-23)21(31)32-22(2,3)4;1-12(2,3)18-11(17)15-8-5-13(6-9-15)4-7-14-10(13)16;1-7(11)8-2-3-10(13-4-8)15-6-9(12)5-14-15;2*1-7(15)8-2-3-10(12-4-8)14-6-9(11)5-13-14/h5-6,13-16H,7-12H2,1-4H3;4-9H2,1-3H3,(H,14,16);2-7H,1H3;2-7,15H,1H3;2-6H,1H3. The van der Waals surface area contributed by atoms with Gasteiger partial charge in [0.1, 0.15) is 11.2 Å². The van der Waals surface area contributed by atoms with Crippen molar-refractivity contribution in [2.45, 2.75) is 136 Å². The van der Waals surface area contributed by atoms with E-state index in [-0.39, 0.29) is 51.9 Å². The first kappa shape index (κ1) is 71.6. The van der Waals surface area contributed by atoms with Gasteiger partial charge in [-0.1, -0.05) is 34.1 Å². The molecule has 2 N–H and O–H groups in total. The molecule has 0 saturated carbocycles. The van der Waals surface area contributed by atoms with Crippen LogP contribution in [0.1, 0.15) is 152 Å². The molecule has 0 bridgehead atoms. The second kappa shape index (κ2) is 30.9. The maximum atomic E-state index is 13.4. The molecule has 0 aliphatic carbocycles. The molecule has 4 aliphatic rings. The summed E-state index contributed by atoms with van der Waals surface area (Å²) in [5.41, 5.74) is 1.60. The van der Waals surface area contributed by atoms with E-state index < -0.39 is 40.2 Å². The molecule has 12 rings (SSSR count). The van der Waals surface area contributed by atoms with Crippen molar-refractivity contribution in [1.82, 2.24) is 79.1 Å². The second-order valence-corrected chi connectivity index (χ2v) is 26.8. The van der Waals surface area contributed by atoms with Crippen molar-refractivity contribution in [3.63, 3.8) is 0 Å². The third-order valence-electron chi connectivity index (χ3n) is 16.2. The number of pyridine rings is 4. The predicted molar refractivity (Wildman–Crippen MR) is 345 cm³/mol. The predicted octanol–water partition coefficient (Wildman–Crippen LogP) is 11.2. The molecule has 0 radical (unpaired) electrons. The van der Waals surface area contributed by atoms with Gasteiger partial charge in [-0.05, 0) is 155 Å². The number of rotatable bonds is 9. The number of ketones is 1. The Bertz CT molecular complexity index is 3780. The summed E-state index contributed by atoms with van der Waals surface area (Å²) in [7, 11) is 0. The van der Waals surface area contributed by atoms with Crippen molar-refractivity contribution in [3.05, 3.63) is 168 Å². The van der Waals surface area contributed by atoms with E-state index in [9.17, 15) is 46.6 Å². The van der Waals surface area contributed by atoms with E-state index in [4.69, 9.17) is 9.47 Å². The fourth-order valence-corrected chi connectivity index (χ4v) is 11.0. The van der Waals surface area contributed by atoms with Crippen LogP contribution in [-0.2, 0) is 19.1 Å². The number of halogens is 5. The van der Waals surface area contributed by atoms with Crippen molar-refractivity contribution < 1.29 is 56.1 Å². The van der Waals surface area contributed by atoms with Gasteiger partial charge in [0, 0.05) is 74.4 Å². The van der Waals surface area contributed by atoms with Gasteiger partial charge in [-0.25, -0.2) is 65.8 Å². The number of aliphatic hydroxyl groups excluding tert-OH is 1. The third kappa shape index (κ3) is 19.2. The van der Waals surface area contributed by atoms with E-state index in [1.165, 1.54) is 56.6 Å². The molecular weight excluding hydrogens is 1300 g/mol. The van der Waals surface area contributed by atoms with E-state index >= 15 is 0 Å². The minimum absolute atomic E-state index is 0.0549. The average molecular weight is 1380 g/mol. The number of ether oxygens (including phenoxy) is 2. The average Bonchev–Trinajstić information content (AvgIpc) is 1.65. The lowest BCUT2D eigenvalue weighted by molar-refractivity contribution is -0.140. The molecule has 506 valence electrons. The van der Waals surface area contributed by atoms with E-state index in [0.29, 0.717) is 80.0 Å². The Kier molecular flexibility index (Phi) is 23.3. The van der Waals surface area contributed by atoms with Gasteiger partial charge in [0.25, 0.3) is 0 Å². The summed E-state index contributed by atoms with van der Waals surface area (Å²) in [6, 6.07) is 13.9. The number of Topliss-reactive ketones (excluding diaryl/α,β-unsaturated/α-hetero) is 1. The fourth-order valence-electron chi connectivity index (χ4n) is 10.7. The zero-order valence-corrected chi connectivity index (χ0v) is 56.3. The highest BCUT2D eigenvalue weighted by Gasteiger charge is 2.50. The lowest BCUT2D eigenvalue weighted by Crippen LogP contribution is -2.48. The van der Waals surface area contributed by atoms with Crippen LogP contribution in [0.3, 0.4) is 0 Å². The van der Waals surface area contributed by atoms with Gasteiger partial charge in [-0.15, -0.1) is 0 Å². The molecular formula is C66H79BrF4N16O8. The molecule has 3 atom stereocenters. The number of likely N-dealkylation sites (tertiary alicyclic amines) is 3. The molecule has 12 heterocycles. The molecule has 95 heavy (non-hydrogen) atoms. The summed E-state index contributed by atoms with van der Waals surface area (Å²) in [5.74, 6) is 0.749. The molecule has 4 saturated heterocycles. The number of hydrogen-bond donors (Lipinski definition) is 2. The normalized spacial score (nSPS) is 16.6. The number of piperidine rings is 2. The Labute approximate surface area is 556 Å². The molecule has 4 aliphatic heterocycles. The Balaban J connectivity index is 0.000000159. The van der Waals surface area contributed by atoms with Gasteiger partial charge in [-0.2, -0.15) is 20.4 Å². The van der Waals surface area contributed by atoms with Crippen LogP contribution in [-0.4, -0.2) is 159 Å². The van der Waals surface area contributed by atoms with E-state index in [0.717, 1.165) is 68.1 Å². The van der Waals surface area contributed by atoms with Gasteiger partial charge in [0.05, 0.1) is 72.6 Å². The number of aliphatic hydroxyl groups is 1. The van der Waals surface area contributed by atoms with Crippen LogP contribution in [0, 0.1) is 34.1 Å². The van der Waals surface area contributed by atoms with Crippen LogP contribution in [0.5, 0.6) is 0 Å². The molecule has 2 spiro atoms. The van der Waals surface area contributed by atoms with Crippen LogP contribution < -0.4 is 5.32 Å². The molecule has 4 amide bonds. The molecule has 3 unspecified atom stereocenters. The van der Waals surface area contributed by atoms with Crippen molar-refractivity contribution in [2.75, 3.05) is 39.3 Å². The first-order valence-corrected chi connectivity index (χ1v) is 31.9. The summed E-state index contributed by atoms with van der Waals surface area (Å²) in [6.45, 7) is 22.0. The number of alkyl halides is 1. The highest BCUT2D eigenvalue weighted by Crippen LogP contribution is 2.45. The van der Waals surface area contributed by atoms with Gasteiger partial charge in [-0.3, -0.25) is 14.4 Å². The number of amides is 4. The molecule has 8 aromatic rings. The molecule has 29 heteroatoms. The minimum atomic E-state index is -0.555. The molecule has 24 nitrogen and oxygen atoms in total. The first-order valence-electron chi connectivity index (χ1n) is 30.9. The topological polar surface area (TPSA) is 269 Å². The largest absolute Gasteiger partial charge is 0.444 e. The summed E-state index contributed by atoms with van der Waals surface area (Å²) >= 11 is 3.44. The van der Waals surface area contributed by atoms with Gasteiger partial charge in [0.2, 0.25) is 11.8 Å². The Morgan fingerprint density at radius 2 is 0.895 bits per heavy atom. The monoisotopic (exact) mass is 1380 g/mol. The van der Waals surface area contributed by atoms with Crippen LogP contribution >= 0.6 is 15.9 Å². The Morgan fingerprint density at radius 1 is 0.526 bits per heavy atom. The zero-order valence-electron chi connectivity index (χ0n) is 54.7. The molecule has 0 aromatic carbocycles. The molecule has 4 fully saturated rings. The van der Waals surface area contributed by atoms with Gasteiger partial charge < -0.3 is 34.6 Å². The maximum Gasteiger partial charge on any atom is 0.410 e.